The highest BCUT2D eigenvalue weighted by molar-refractivity contribution is 5.86. The summed E-state index contributed by atoms with van der Waals surface area (Å²) >= 11 is 0. The number of rotatable bonds is 13. The quantitative estimate of drug-likeness (QED) is 0.259. The maximum atomic E-state index is 13.5. The van der Waals surface area contributed by atoms with Crippen LogP contribution in [0.3, 0.4) is 0 Å². The van der Waals surface area contributed by atoms with Crippen molar-refractivity contribution < 1.29 is 4.79 Å². The molecule has 0 unspecified atom stereocenters. The molecule has 1 aromatic heterocycles. The van der Waals surface area contributed by atoms with Gasteiger partial charge in [0.15, 0.2) is 5.43 Å². The summed E-state index contributed by atoms with van der Waals surface area (Å²) in [5, 5.41) is 0.664. The summed E-state index contributed by atoms with van der Waals surface area (Å²) in [4.78, 5) is 28.9. The van der Waals surface area contributed by atoms with Gasteiger partial charge in [-0.05, 0) is 43.0 Å². The zero-order valence-electron chi connectivity index (χ0n) is 21.2. The van der Waals surface area contributed by atoms with Gasteiger partial charge >= 0.3 is 0 Å². The van der Waals surface area contributed by atoms with Crippen LogP contribution in [0.2, 0.25) is 0 Å². The van der Waals surface area contributed by atoms with Crippen LogP contribution in [-0.2, 0) is 11.3 Å². The lowest BCUT2D eigenvalue weighted by atomic mass is 10.0. The molecule has 1 amide bonds. The van der Waals surface area contributed by atoms with Crippen LogP contribution in [0.1, 0.15) is 70.8 Å². The second kappa shape index (κ2) is 13.1. The monoisotopic (exact) mass is 460 g/mol. The smallest absolute Gasteiger partial charge is 0.242 e. The molecular formula is C30H40N2O2. The number of aryl methyl sites for hydroxylation is 1. The van der Waals surface area contributed by atoms with Gasteiger partial charge in [0.05, 0.1) is 5.52 Å². The topological polar surface area (TPSA) is 42.3 Å². The first kappa shape index (κ1) is 25.7. The molecule has 182 valence electrons. The van der Waals surface area contributed by atoms with Crippen LogP contribution in [-0.4, -0.2) is 28.5 Å². The van der Waals surface area contributed by atoms with E-state index in [2.05, 4.69) is 13.8 Å². The Bertz CT molecular complexity index is 1110. The maximum Gasteiger partial charge on any atom is 0.242 e. The largest absolute Gasteiger partial charge is 0.341 e. The molecule has 2 aromatic carbocycles. The highest BCUT2D eigenvalue weighted by Crippen LogP contribution is 2.21. The van der Waals surface area contributed by atoms with Crippen molar-refractivity contribution >= 4 is 16.8 Å². The van der Waals surface area contributed by atoms with E-state index in [1.807, 2.05) is 71.1 Å². The Kier molecular flexibility index (Phi) is 9.93. The Morgan fingerprint density at radius 3 is 2.12 bits per heavy atom. The predicted molar refractivity (Wildman–Crippen MR) is 143 cm³/mol. The van der Waals surface area contributed by atoms with E-state index < -0.39 is 0 Å². The van der Waals surface area contributed by atoms with E-state index in [-0.39, 0.29) is 17.9 Å². The van der Waals surface area contributed by atoms with Crippen molar-refractivity contribution in [1.82, 2.24) is 9.47 Å². The predicted octanol–water partition coefficient (Wildman–Crippen LogP) is 6.97. The summed E-state index contributed by atoms with van der Waals surface area (Å²) in [5.41, 5.74) is 3.45. The summed E-state index contributed by atoms with van der Waals surface area (Å²) in [6, 6.07) is 15.6. The average molecular weight is 461 g/mol. The van der Waals surface area contributed by atoms with Crippen LogP contribution in [0.25, 0.3) is 22.0 Å². The summed E-state index contributed by atoms with van der Waals surface area (Å²) in [6.07, 6.45) is 11.1. The number of hydrogen-bond donors (Lipinski definition) is 0. The zero-order valence-corrected chi connectivity index (χ0v) is 21.2. The molecule has 34 heavy (non-hydrogen) atoms. The fourth-order valence-corrected chi connectivity index (χ4v) is 4.52. The Morgan fingerprint density at radius 1 is 0.853 bits per heavy atom. The van der Waals surface area contributed by atoms with E-state index in [9.17, 15) is 9.59 Å². The van der Waals surface area contributed by atoms with Crippen LogP contribution in [0.5, 0.6) is 0 Å². The van der Waals surface area contributed by atoms with Gasteiger partial charge in [0, 0.05) is 30.2 Å². The van der Waals surface area contributed by atoms with Crippen molar-refractivity contribution in [2.75, 3.05) is 13.1 Å². The van der Waals surface area contributed by atoms with Crippen molar-refractivity contribution in [3.05, 3.63) is 70.5 Å². The van der Waals surface area contributed by atoms with Crippen molar-refractivity contribution in [3.63, 3.8) is 0 Å². The Labute approximate surface area is 204 Å². The van der Waals surface area contributed by atoms with Crippen molar-refractivity contribution in [3.8, 4) is 11.1 Å². The number of pyridine rings is 1. The third-order valence-electron chi connectivity index (χ3n) is 6.54. The van der Waals surface area contributed by atoms with Crippen molar-refractivity contribution in [2.45, 2.75) is 78.7 Å². The molecule has 0 spiro atoms. The normalized spacial score (nSPS) is 11.1. The molecule has 0 radical (unpaired) electrons. The van der Waals surface area contributed by atoms with Gasteiger partial charge in [-0.25, -0.2) is 0 Å². The number of aromatic nitrogens is 1. The first-order valence-electron chi connectivity index (χ1n) is 13.0. The number of nitrogens with zero attached hydrogens (tertiary/aromatic N) is 2. The minimum atomic E-state index is 0.0147. The van der Waals surface area contributed by atoms with Crippen LogP contribution in [0, 0.1) is 6.92 Å². The molecule has 3 aromatic rings. The summed E-state index contributed by atoms with van der Waals surface area (Å²) in [5.74, 6) is 0.137. The highest BCUT2D eigenvalue weighted by atomic mass is 16.2. The number of amides is 1. The molecule has 0 saturated carbocycles. The molecule has 0 bridgehead atoms. The van der Waals surface area contributed by atoms with Crippen molar-refractivity contribution in [2.24, 2.45) is 0 Å². The Hall–Kier alpha value is -2.88. The standard InChI is InChI=1S/C30H40N2O2/c1-4-6-8-13-19-31(20-14-9-7-5-2)29(33)23-32-22-27(25-15-11-10-12-16-25)30(34)26-18-17-24(3)21-28(26)32/h10-12,15-18,21-22H,4-9,13-14,19-20,23H2,1-3H3. The lowest BCUT2D eigenvalue weighted by Gasteiger charge is -2.24. The minimum absolute atomic E-state index is 0.0147. The van der Waals surface area contributed by atoms with Crippen LogP contribution < -0.4 is 5.43 Å². The Balaban J connectivity index is 1.91. The molecule has 0 N–H and O–H groups in total. The van der Waals surface area contributed by atoms with E-state index in [0.717, 1.165) is 55.4 Å². The van der Waals surface area contributed by atoms with Gasteiger partial charge in [0.25, 0.3) is 0 Å². The van der Waals surface area contributed by atoms with E-state index in [1.165, 1.54) is 25.7 Å². The lowest BCUT2D eigenvalue weighted by Crippen LogP contribution is -2.36. The number of carbonyl (C=O) groups excluding carboxylic acids is 1. The van der Waals surface area contributed by atoms with Crippen molar-refractivity contribution in [1.29, 1.82) is 0 Å². The molecule has 4 nitrogen and oxygen atoms in total. The molecule has 0 aliphatic heterocycles. The van der Waals surface area contributed by atoms with Gasteiger partial charge in [0.2, 0.25) is 5.91 Å². The molecule has 0 atom stereocenters. The lowest BCUT2D eigenvalue weighted by molar-refractivity contribution is -0.132. The van der Waals surface area contributed by atoms with Gasteiger partial charge in [-0.3, -0.25) is 9.59 Å². The number of carbonyl (C=O) groups is 1. The summed E-state index contributed by atoms with van der Waals surface area (Å²) < 4.78 is 1.99. The Morgan fingerprint density at radius 2 is 1.50 bits per heavy atom. The van der Waals surface area contributed by atoms with Crippen LogP contribution in [0.15, 0.2) is 59.5 Å². The molecule has 0 saturated heterocycles. The van der Waals surface area contributed by atoms with Gasteiger partial charge in [-0.2, -0.15) is 0 Å². The molecule has 0 fully saturated rings. The fourth-order valence-electron chi connectivity index (χ4n) is 4.52. The van der Waals surface area contributed by atoms with Crippen LogP contribution >= 0.6 is 0 Å². The van der Waals surface area contributed by atoms with Gasteiger partial charge < -0.3 is 9.47 Å². The number of fused-ring (bicyclic) bond motifs is 1. The number of benzene rings is 2. The zero-order chi connectivity index (χ0) is 24.3. The van der Waals surface area contributed by atoms with Crippen LogP contribution in [0.4, 0.5) is 0 Å². The van der Waals surface area contributed by atoms with Gasteiger partial charge in [0.1, 0.15) is 6.54 Å². The molecule has 0 aliphatic rings. The van der Waals surface area contributed by atoms with E-state index >= 15 is 0 Å². The third kappa shape index (κ3) is 6.82. The fraction of sp³-hybridized carbons (Fsp3) is 0.467. The average Bonchev–Trinajstić information content (AvgIpc) is 2.85. The summed E-state index contributed by atoms with van der Waals surface area (Å²) in [7, 11) is 0. The number of unbranched alkanes of at least 4 members (excludes halogenated alkanes) is 6. The van der Waals surface area contributed by atoms with Gasteiger partial charge in [-0.15, -0.1) is 0 Å². The molecule has 0 aliphatic carbocycles. The first-order chi connectivity index (χ1) is 16.5. The molecule has 3 rings (SSSR count). The highest BCUT2D eigenvalue weighted by Gasteiger charge is 2.17. The second-order valence-corrected chi connectivity index (χ2v) is 9.39. The van der Waals surface area contributed by atoms with E-state index in [4.69, 9.17) is 0 Å². The first-order valence-corrected chi connectivity index (χ1v) is 13.0. The second-order valence-electron chi connectivity index (χ2n) is 9.39. The maximum absolute atomic E-state index is 13.5. The summed E-state index contributed by atoms with van der Waals surface area (Å²) in [6.45, 7) is 8.32. The third-order valence-corrected chi connectivity index (χ3v) is 6.54. The van der Waals surface area contributed by atoms with Gasteiger partial charge in [-0.1, -0.05) is 88.8 Å². The SMILES string of the molecule is CCCCCCN(CCCCCC)C(=O)Cn1cc(-c2ccccc2)c(=O)c2ccc(C)cc21. The molecule has 1 heterocycles. The molecule has 4 heteroatoms. The number of hydrogen-bond acceptors (Lipinski definition) is 2. The van der Waals surface area contributed by atoms with E-state index in [0.29, 0.717) is 10.9 Å². The van der Waals surface area contributed by atoms with E-state index in [1.54, 1.807) is 0 Å². The molecular weight excluding hydrogens is 420 g/mol. The minimum Gasteiger partial charge on any atom is -0.341 e.